The van der Waals surface area contributed by atoms with Gasteiger partial charge in [-0.1, -0.05) is 49.4 Å². The number of aromatic nitrogens is 2. The van der Waals surface area contributed by atoms with Crippen molar-refractivity contribution >= 4 is 11.5 Å². The van der Waals surface area contributed by atoms with Crippen molar-refractivity contribution in [2.45, 2.75) is 58.9 Å². The zero-order chi connectivity index (χ0) is 26.9. The van der Waals surface area contributed by atoms with E-state index in [2.05, 4.69) is 48.2 Å². The van der Waals surface area contributed by atoms with E-state index in [0.717, 1.165) is 72.9 Å². The average Bonchev–Trinajstić information content (AvgIpc) is 3.33. The van der Waals surface area contributed by atoms with Crippen LogP contribution in [0.4, 0.5) is 4.39 Å². The first-order valence-electron chi connectivity index (χ1n) is 13.6. The summed E-state index contributed by atoms with van der Waals surface area (Å²) in [5.41, 5.74) is 6.31. The van der Waals surface area contributed by atoms with E-state index < -0.39 is 0 Å². The van der Waals surface area contributed by atoms with Crippen LogP contribution in [-0.2, 0) is 22.5 Å². The van der Waals surface area contributed by atoms with E-state index in [9.17, 15) is 9.18 Å². The van der Waals surface area contributed by atoms with Crippen LogP contribution < -0.4 is 5.32 Å². The number of amides is 1. The number of rotatable bonds is 11. The van der Waals surface area contributed by atoms with E-state index in [-0.39, 0.29) is 11.7 Å². The predicted octanol–water partition coefficient (Wildman–Crippen LogP) is 6.74. The highest BCUT2D eigenvalue weighted by molar-refractivity contribution is 6.19. The maximum atomic E-state index is 13.4. The Labute approximate surface area is 225 Å². The summed E-state index contributed by atoms with van der Waals surface area (Å²) in [5.74, 6) is 0.302. The van der Waals surface area contributed by atoms with E-state index in [4.69, 9.17) is 4.74 Å². The van der Waals surface area contributed by atoms with Crippen LogP contribution in [0.1, 0.15) is 61.4 Å². The highest BCUT2D eigenvalue weighted by atomic mass is 19.1. The predicted molar refractivity (Wildman–Crippen MR) is 150 cm³/mol. The van der Waals surface area contributed by atoms with Crippen molar-refractivity contribution < 1.29 is 13.9 Å². The molecule has 38 heavy (non-hydrogen) atoms. The van der Waals surface area contributed by atoms with Gasteiger partial charge in [0.15, 0.2) is 0 Å². The summed E-state index contributed by atoms with van der Waals surface area (Å²) in [5, 5.41) is 7.58. The van der Waals surface area contributed by atoms with Crippen LogP contribution in [0, 0.1) is 18.7 Å². The third kappa shape index (κ3) is 7.29. The van der Waals surface area contributed by atoms with E-state index >= 15 is 0 Å². The Kier molecular flexibility index (Phi) is 9.66. The SMILES string of the molecule is C=C(CC)CC=C(C(=O)NCc1ccc(CCC2CCOCC2)cc1)c1cnn(-c2ccc(F)cc2)c1C. The molecule has 0 saturated carbocycles. The van der Waals surface area contributed by atoms with Gasteiger partial charge in [-0.25, -0.2) is 9.07 Å². The van der Waals surface area contributed by atoms with Gasteiger partial charge in [-0.3, -0.25) is 4.79 Å². The average molecular weight is 516 g/mol. The first-order chi connectivity index (χ1) is 18.4. The lowest BCUT2D eigenvalue weighted by atomic mass is 9.92. The Morgan fingerprint density at radius 3 is 2.50 bits per heavy atom. The summed E-state index contributed by atoms with van der Waals surface area (Å²) in [6.45, 7) is 10.3. The van der Waals surface area contributed by atoms with Crippen molar-refractivity contribution in [3.05, 3.63) is 101 Å². The third-order valence-electron chi connectivity index (χ3n) is 7.37. The second kappa shape index (κ2) is 13.3. The maximum Gasteiger partial charge on any atom is 0.251 e. The molecule has 0 aliphatic carbocycles. The topological polar surface area (TPSA) is 56.1 Å². The fourth-order valence-electron chi connectivity index (χ4n) is 4.74. The molecule has 1 N–H and O–H groups in total. The number of benzene rings is 2. The first-order valence-corrected chi connectivity index (χ1v) is 13.6. The number of nitrogens with zero attached hydrogens (tertiary/aromatic N) is 2. The van der Waals surface area contributed by atoms with Crippen molar-refractivity contribution in [1.82, 2.24) is 15.1 Å². The van der Waals surface area contributed by atoms with Crippen molar-refractivity contribution in [3.8, 4) is 5.69 Å². The number of aryl methyl sites for hydroxylation is 1. The molecule has 6 heteroatoms. The van der Waals surface area contributed by atoms with Crippen LogP contribution in [0.2, 0.25) is 0 Å². The smallest absolute Gasteiger partial charge is 0.251 e. The summed E-state index contributed by atoms with van der Waals surface area (Å²) in [7, 11) is 0. The molecule has 0 unspecified atom stereocenters. The minimum Gasteiger partial charge on any atom is -0.381 e. The van der Waals surface area contributed by atoms with E-state index in [1.54, 1.807) is 23.0 Å². The minimum atomic E-state index is -0.302. The molecule has 5 nitrogen and oxygen atoms in total. The molecule has 2 aromatic carbocycles. The maximum absolute atomic E-state index is 13.4. The fraction of sp³-hybridized carbons (Fsp3) is 0.375. The molecule has 1 saturated heterocycles. The summed E-state index contributed by atoms with van der Waals surface area (Å²) in [4.78, 5) is 13.4. The molecule has 0 atom stereocenters. The molecule has 1 aliphatic heterocycles. The zero-order valence-corrected chi connectivity index (χ0v) is 22.5. The lowest BCUT2D eigenvalue weighted by Crippen LogP contribution is -2.24. The molecule has 1 amide bonds. The molecule has 0 radical (unpaired) electrons. The van der Waals surface area contributed by atoms with Gasteiger partial charge in [0.05, 0.1) is 11.9 Å². The molecular formula is C32H38FN3O2. The van der Waals surface area contributed by atoms with Crippen LogP contribution in [-0.4, -0.2) is 28.9 Å². The van der Waals surface area contributed by atoms with Crippen molar-refractivity contribution in [3.63, 3.8) is 0 Å². The molecule has 4 rings (SSSR count). The number of ether oxygens (including phenoxy) is 1. The second-order valence-electron chi connectivity index (χ2n) is 10.1. The summed E-state index contributed by atoms with van der Waals surface area (Å²) in [6.07, 6.45) is 9.68. The van der Waals surface area contributed by atoms with E-state index in [1.165, 1.54) is 24.1 Å². The minimum absolute atomic E-state index is 0.153. The molecule has 1 fully saturated rings. The van der Waals surface area contributed by atoms with Gasteiger partial charge >= 0.3 is 0 Å². The van der Waals surface area contributed by atoms with Crippen LogP contribution in [0.5, 0.6) is 0 Å². The Morgan fingerprint density at radius 1 is 1.13 bits per heavy atom. The molecule has 200 valence electrons. The standard InChI is InChI=1S/C32H38FN3O2/c1-4-23(2)5-16-30(31-22-35-36(24(31)3)29-14-12-28(33)13-15-29)32(37)34-21-27-10-8-25(9-11-27)6-7-26-17-19-38-20-18-26/h8-16,22,26H,2,4-7,17-21H2,1,3H3,(H,34,37). The van der Waals surface area contributed by atoms with Gasteiger partial charge in [0.2, 0.25) is 0 Å². The molecule has 0 spiro atoms. The molecule has 1 aliphatic rings. The van der Waals surface area contributed by atoms with Crippen LogP contribution in [0.15, 0.2) is 73.0 Å². The lowest BCUT2D eigenvalue weighted by Gasteiger charge is -2.21. The summed E-state index contributed by atoms with van der Waals surface area (Å²) < 4.78 is 20.6. The van der Waals surface area contributed by atoms with Crippen molar-refractivity contribution in [1.29, 1.82) is 0 Å². The van der Waals surface area contributed by atoms with Crippen LogP contribution in [0.25, 0.3) is 11.3 Å². The monoisotopic (exact) mass is 515 g/mol. The number of hydrogen-bond acceptors (Lipinski definition) is 3. The number of carbonyl (C=O) groups is 1. The van der Waals surface area contributed by atoms with Crippen LogP contribution in [0.3, 0.4) is 0 Å². The molecule has 1 aromatic heterocycles. The molecule has 3 aromatic rings. The molecule has 2 heterocycles. The molecular weight excluding hydrogens is 477 g/mol. The fourth-order valence-corrected chi connectivity index (χ4v) is 4.74. The van der Waals surface area contributed by atoms with Gasteiger partial charge in [0, 0.05) is 36.6 Å². The second-order valence-corrected chi connectivity index (χ2v) is 10.1. The Hall–Kier alpha value is -3.51. The van der Waals surface area contributed by atoms with Crippen molar-refractivity contribution in [2.75, 3.05) is 13.2 Å². The number of allylic oxidation sites excluding steroid dienone is 2. The number of carbonyl (C=O) groups excluding carboxylic acids is 1. The van der Waals surface area contributed by atoms with Gasteiger partial charge in [-0.05, 0) is 86.8 Å². The Bertz CT molecular complexity index is 1250. The third-order valence-corrected chi connectivity index (χ3v) is 7.37. The highest BCUT2D eigenvalue weighted by Crippen LogP contribution is 2.24. The number of halogens is 1. The number of hydrogen-bond donors (Lipinski definition) is 1. The zero-order valence-electron chi connectivity index (χ0n) is 22.5. The van der Waals surface area contributed by atoms with Gasteiger partial charge in [-0.15, -0.1) is 0 Å². The first kappa shape index (κ1) is 27.5. The summed E-state index contributed by atoms with van der Waals surface area (Å²) in [6, 6.07) is 14.7. The van der Waals surface area contributed by atoms with Gasteiger partial charge in [0.1, 0.15) is 5.82 Å². The largest absolute Gasteiger partial charge is 0.381 e. The Morgan fingerprint density at radius 2 is 1.82 bits per heavy atom. The van der Waals surface area contributed by atoms with Gasteiger partial charge in [0.25, 0.3) is 5.91 Å². The normalized spacial score (nSPS) is 14.4. The molecule has 0 bridgehead atoms. The Balaban J connectivity index is 1.43. The summed E-state index contributed by atoms with van der Waals surface area (Å²) >= 11 is 0. The van der Waals surface area contributed by atoms with E-state index in [0.29, 0.717) is 18.5 Å². The highest BCUT2D eigenvalue weighted by Gasteiger charge is 2.19. The quantitative estimate of drug-likeness (QED) is 0.227. The van der Waals surface area contributed by atoms with Gasteiger partial charge in [-0.2, -0.15) is 5.10 Å². The number of nitrogens with one attached hydrogen (secondary N) is 1. The van der Waals surface area contributed by atoms with Gasteiger partial charge < -0.3 is 10.1 Å². The lowest BCUT2D eigenvalue weighted by molar-refractivity contribution is -0.115. The van der Waals surface area contributed by atoms with E-state index in [1.807, 2.05) is 13.0 Å². The van der Waals surface area contributed by atoms with Crippen molar-refractivity contribution in [2.24, 2.45) is 5.92 Å². The van der Waals surface area contributed by atoms with Crippen LogP contribution >= 0.6 is 0 Å².